The summed E-state index contributed by atoms with van der Waals surface area (Å²) in [5.74, 6) is 0.793. The lowest BCUT2D eigenvalue weighted by molar-refractivity contribution is -0.164. The highest BCUT2D eigenvalue weighted by atomic mass is 16.7. The topological polar surface area (TPSA) is 47.9 Å². The summed E-state index contributed by atoms with van der Waals surface area (Å²) in [5, 5.41) is 10.5. The van der Waals surface area contributed by atoms with Crippen molar-refractivity contribution in [3.8, 4) is 5.75 Å². The second-order valence-electron chi connectivity index (χ2n) is 5.93. The second-order valence-corrected chi connectivity index (χ2v) is 5.93. The molecular weight excluding hydrogens is 292 g/mol. The van der Waals surface area contributed by atoms with Crippen LogP contribution in [0.15, 0.2) is 36.9 Å². The molecule has 128 valence electrons. The highest BCUT2D eigenvalue weighted by Crippen LogP contribution is 2.29. The molecule has 1 saturated heterocycles. The predicted molar refractivity (Wildman–Crippen MR) is 90.7 cm³/mol. The first kappa shape index (κ1) is 18.0. The molecule has 0 aliphatic carbocycles. The maximum Gasteiger partial charge on any atom is 0.157 e. The minimum atomic E-state index is -0.476. The fraction of sp³-hybridized carbons (Fsp3) is 0.579. The second kappa shape index (κ2) is 9.71. The minimum Gasteiger partial charge on any atom is -0.497 e. The van der Waals surface area contributed by atoms with E-state index in [1.54, 1.807) is 13.2 Å². The third-order valence-corrected chi connectivity index (χ3v) is 4.27. The van der Waals surface area contributed by atoms with Crippen LogP contribution in [0, 0.1) is 0 Å². The van der Waals surface area contributed by atoms with Crippen LogP contribution in [0.1, 0.15) is 43.6 Å². The van der Waals surface area contributed by atoms with Gasteiger partial charge in [0.25, 0.3) is 0 Å². The minimum absolute atomic E-state index is 0.00769. The molecule has 0 saturated carbocycles. The number of ether oxygens (including phenoxy) is 3. The van der Waals surface area contributed by atoms with Gasteiger partial charge in [-0.25, -0.2) is 0 Å². The fourth-order valence-corrected chi connectivity index (χ4v) is 2.96. The zero-order chi connectivity index (χ0) is 16.5. The van der Waals surface area contributed by atoms with E-state index in [-0.39, 0.29) is 12.2 Å². The molecule has 1 heterocycles. The maximum absolute atomic E-state index is 10.5. The number of methoxy groups -OCH3 is 1. The molecule has 1 fully saturated rings. The first-order valence-electron chi connectivity index (χ1n) is 8.40. The molecule has 0 spiro atoms. The van der Waals surface area contributed by atoms with E-state index in [4.69, 9.17) is 14.2 Å². The number of aliphatic hydroxyl groups excluding tert-OH is 1. The summed E-state index contributed by atoms with van der Waals surface area (Å²) in [5.41, 5.74) is 1.06. The number of rotatable bonds is 9. The Hall–Kier alpha value is -1.36. The van der Waals surface area contributed by atoms with Crippen LogP contribution in [-0.4, -0.2) is 37.8 Å². The lowest BCUT2D eigenvalue weighted by atomic mass is 9.89. The van der Waals surface area contributed by atoms with Gasteiger partial charge in [-0.1, -0.05) is 18.2 Å². The van der Waals surface area contributed by atoms with E-state index in [1.807, 2.05) is 24.3 Å². The highest BCUT2D eigenvalue weighted by Gasteiger charge is 2.22. The molecule has 1 aliphatic rings. The first-order chi connectivity index (χ1) is 11.2. The van der Waals surface area contributed by atoms with Crippen molar-refractivity contribution in [3.05, 3.63) is 42.5 Å². The Morgan fingerprint density at radius 3 is 3.00 bits per heavy atom. The molecule has 3 atom stereocenters. The van der Waals surface area contributed by atoms with Gasteiger partial charge in [0.05, 0.1) is 19.8 Å². The van der Waals surface area contributed by atoms with Crippen molar-refractivity contribution >= 4 is 0 Å². The van der Waals surface area contributed by atoms with Crippen LogP contribution in [-0.2, 0) is 9.47 Å². The van der Waals surface area contributed by atoms with E-state index >= 15 is 0 Å². The molecule has 4 heteroatoms. The summed E-state index contributed by atoms with van der Waals surface area (Å²) in [6.07, 6.45) is 5.71. The molecule has 23 heavy (non-hydrogen) atoms. The van der Waals surface area contributed by atoms with Crippen LogP contribution in [0.5, 0.6) is 5.75 Å². The molecular formula is C19H28O4. The van der Waals surface area contributed by atoms with Crippen molar-refractivity contribution in [3.63, 3.8) is 0 Å². The van der Waals surface area contributed by atoms with Gasteiger partial charge in [-0.15, -0.1) is 6.58 Å². The quantitative estimate of drug-likeness (QED) is 0.706. The van der Waals surface area contributed by atoms with E-state index in [0.717, 1.165) is 43.6 Å². The molecule has 0 radical (unpaired) electrons. The number of benzene rings is 1. The van der Waals surface area contributed by atoms with Gasteiger partial charge in [0.1, 0.15) is 5.75 Å². The van der Waals surface area contributed by atoms with Gasteiger partial charge in [0, 0.05) is 12.5 Å². The Labute approximate surface area is 139 Å². The van der Waals surface area contributed by atoms with Crippen molar-refractivity contribution in [1.82, 2.24) is 0 Å². The Morgan fingerprint density at radius 2 is 2.30 bits per heavy atom. The van der Waals surface area contributed by atoms with Crippen LogP contribution >= 0.6 is 0 Å². The Bertz CT molecular complexity index is 468. The third-order valence-electron chi connectivity index (χ3n) is 4.27. The fourth-order valence-electron chi connectivity index (χ4n) is 2.96. The van der Waals surface area contributed by atoms with Gasteiger partial charge in [-0.3, -0.25) is 0 Å². The molecule has 0 bridgehead atoms. The summed E-state index contributed by atoms with van der Waals surface area (Å²) >= 11 is 0. The van der Waals surface area contributed by atoms with Crippen LogP contribution in [0.4, 0.5) is 0 Å². The van der Waals surface area contributed by atoms with E-state index in [9.17, 15) is 5.11 Å². The summed E-state index contributed by atoms with van der Waals surface area (Å²) < 4.78 is 16.7. The average molecular weight is 320 g/mol. The van der Waals surface area contributed by atoms with E-state index in [0.29, 0.717) is 13.0 Å². The highest BCUT2D eigenvalue weighted by molar-refractivity contribution is 5.31. The van der Waals surface area contributed by atoms with Crippen molar-refractivity contribution in [2.75, 3.05) is 20.3 Å². The molecule has 2 rings (SSSR count). The zero-order valence-corrected chi connectivity index (χ0v) is 13.9. The first-order valence-corrected chi connectivity index (χ1v) is 8.40. The van der Waals surface area contributed by atoms with Gasteiger partial charge in [-0.05, 0) is 49.8 Å². The van der Waals surface area contributed by atoms with E-state index in [2.05, 4.69) is 6.58 Å². The lowest BCUT2D eigenvalue weighted by Crippen LogP contribution is -2.25. The Kier molecular flexibility index (Phi) is 7.59. The van der Waals surface area contributed by atoms with Gasteiger partial charge < -0.3 is 19.3 Å². The maximum atomic E-state index is 10.5. The number of hydrogen-bond donors (Lipinski definition) is 1. The summed E-state index contributed by atoms with van der Waals surface area (Å²) in [6, 6.07) is 7.87. The average Bonchev–Trinajstić information content (AvgIpc) is 2.60. The van der Waals surface area contributed by atoms with Gasteiger partial charge in [0.15, 0.2) is 6.29 Å². The van der Waals surface area contributed by atoms with Crippen molar-refractivity contribution in [2.24, 2.45) is 0 Å². The van der Waals surface area contributed by atoms with E-state index < -0.39 is 6.10 Å². The van der Waals surface area contributed by atoms with Crippen molar-refractivity contribution in [2.45, 2.75) is 50.4 Å². The van der Waals surface area contributed by atoms with Crippen molar-refractivity contribution < 1.29 is 19.3 Å². The van der Waals surface area contributed by atoms with Crippen LogP contribution in [0.2, 0.25) is 0 Å². The van der Waals surface area contributed by atoms with Crippen LogP contribution < -0.4 is 4.74 Å². The summed E-state index contributed by atoms with van der Waals surface area (Å²) in [6.45, 7) is 5.08. The van der Waals surface area contributed by atoms with Crippen LogP contribution in [0.3, 0.4) is 0 Å². The normalized spacial score (nSPS) is 20.7. The number of aliphatic hydroxyl groups is 1. The molecule has 1 aromatic carbocycles. The Morgan fingerprint density at radius 1 is 1.43 bits per heavy atom. The standard InChI is InChI=1S/C19H28O4/c1-3-7-18(20)17(15-8-6-9-16(14-15)21-2)11-13-23-19-10-4-5-12-22-19/h3,6,8-9,14,17-20H,1,4-5,7,10-13H2,2H3/t17-,18+,19?/m0/s1. The van der Waals surface area contributed by atoms with Gasteiger partial charge in [-0.2, -0.15) is 0 Å². The molecule has 1 unspecified atom stereocenters. The van der Waals surface area contributed by atoms with Crippen LogP contribution in [0.25, 0.3) is 0 Å². The molecule has 1 N–H and O–H groups in total. The third kappa shape index (κ3) is 5.65. The SMILES string of the molecule is C=CC[C@@H](O)[C@@H](CCOC1CCCCO1)c1cccc(OC)c1. The monoisotopic (exact) mass is 320 g/mol. The predicted octanol–water partition coefficient (Wildman–Crippen LogP) is 3.65. The van der Waals surface area contributed by atoms with Crippen molar-refractivity contribution in [1.29, 1.82) is 0 Å². The molecule has 4 nitrogen and oxygen atoms in total. The summed E-state index contributed by atoms with van der Waals surface area (Å²) in [4.78, 5) is 0. The molecule has 0 amide bonds. The van der Waals surface area contributed by atoms with Gasteiger partial charge >= 0.3 is 0 Å². The largest absolute Gasteiger partial charge is 0.497 e. The zero-order valence-electron chi connectivity index (χ0n) is 13.9. The smallest absolute Gasteiger partial charge is 0.157 e. The molecule has 0 aromatic heterocycles. The molecule has 1 aliphatic heterocycles. The van der Waals surface area contributed by atoms with Gasteiger partial charge in [0.2, 0.25) is 0 Å². The summed E-state index contributed by atoms with van der Waals surface area (Å²) in [7, 11) is 1.65. The Balaban J connectivity index is 1.96. The van der Waals surface area contributed by atoms with E-state index in [1.165, 1.54) is 0 Å². The lowest BCUT2D eigenvalue weighted by Gasteiger charge is -2.26. The molecule has 1 aromatic rings. The number of hydrogen-bond acceptors (Lipinski definition) is 4.